The second-order valence-corrected chi connectivity index (χ2v) is 7.61. The predicted octanol–water partition coefficient (Wildman–Crippen LogP) is -0.00270. The number of sulfonamides is 1. The summed E-state index contributed by atoms with van der Waals surface area (Å²) < 4.78 is 72.7. The van der Waals surface area contributed by atoms with Gasteiger partial charge in [-0.2, -0.15) is 13.2 Å². The Labute approximate surface area is 126 Å². The lowest BCUT2D eigenvalue weighted by molar-refractivity contribution is -0.139. The van der Waals surface area contributed by atoms with Crippen LogP contribution in [0, 0.1) is 0 Å². The number of rotatable bonds is 2. The summed E-state index contributed by atoms with van der Waals surface area (Å²) in [6, 6.07) is 1.44. The van der Waals surface area contributed by atoms with E-state index in [4.69, 9.17) is 14.9 Å². The van der Waals surface area contributed by atoms with Crippen molar-refractivity contribution in [3.05, 3.63) is 34.1 Å². The lowest BCUT2D eigenvalue weighted by Gasteiger charge is -2.13. The Morgan fingerprint density at radius 3 is 2.17 bits per heavy atom. The summed E-state index contributed by atoms with van der Waals surface area (Å²) in [5.74, 6) is 0. The Hall–Kier alpha value is -1.72. The summed E-state index contributed by atoms with van der Waals surface area (Å²) in [6.45, 7) is 0. The molecule has 0 spiro atoms. The zero-order valence-electron chi connectivity index (χ0n) is 10.8. The molecule has 0 atom stereocenters. The van der Waals surface area contributed by atoms with Gasteiger partial charge in [-0.15, -0.1) is 0 Å². The average Bonchev–Trinajstić information content (AvgIpc) is 2.32. The van der Waals surface area contributed by atoms with E-state index in [1.165, 1.54) is 0 Å². The molecule has 23 heavy (non-hydrogen) atoms. The number of pyridine rings is 1. The maximum Gasteiger partial charge on any atom is 0.417 e. The monoisotopic (exact) mass is 372 g/mol. The first-order valence-electron chi connectivity index (χ1n) is 5.58. The van der Waals surface area contributed by atoms with E-state index >= 15 is 0 Å². The quantitative estimate of drug-likeness (QED) is 0.545. The van der Waals surface area contributed by atoms with E-state index < -0.39 is 50.6 Å². The number of H-pyrrole nitrogens is 1. The maximum absolute atomic E-state index is 12.9. The number of alkyl halides is 3. The van der Waals surface area contributed by atoms with Crippen LogP contribution in [0.15, 0.2) is 27.9 Å². The van der Waals surface area contributed by atoms with Gasteiger partial charge in [-0.25, -0.2) is 13.6 Å². The largest absolute Gasteiger partial charge is 0.417 e. The molecule has 5 N–H and O–H groups in total. The van der Waals surface area contributed by atoms with Crippen LogP contribution in [0.25, 0.3) is 10.9 Å². The third-order valence-electron chi connectivity index (χ3n) is 2.85. The summed E-state index contributed by atoms with van der Waals surface area (Å²) >= 11 is 0. The lowest BCUT2D eigenvalue weighted by Crippen LogP contribution is -2.27. The van der Waals surface area contributed by atoms with E-state index in [9.17, 15) is 30.9 Å². The fraction of sp³-hybridized carbons (Fsp3) is 0.100. The molecular weight excluding hydrogens is 364 g/mol. The summed E-state index contributed by atoms with van der Waals surface area (Å²) in [5, 5.41) is 3.40. The predicted molar refractivity (Wildman–Crippen MR) is 72.6 cm³/mol. The van der Waals surface area contributed by atoms with Crippen molar-refractivity contribution in [2.24, 2.45) is 5.14 Å². The second kappa shape index (κ2) is 5.14. The number of hydrogen-bond acceptors (Lipinski definition) is 4. The highest BCUT2D eigenvalue weighted by molar-refractivity contribution is 7.89. The molecule has 13 heteroatoms. The molecule has 0 aliphatic rings. The van der Waals surface area contributed by atoms with Gasteiger partial charge in [0.1, 0.15) is 5.30 Å². The standard InChI is InChI=1S/C10H8F3N2O6PS/c11-10(12,13)5-3-6-4(2-8(5)23(14,20)21)1-7(9(16)15-6)22(17,18)19/h1-3H,(H,15,16)(H2,14,20,21)(H2,17,18,19). The molecular formula is C10H8F3N2O6PS. The zero-order chi connectivity index (χ0) is 17.8. The number of benzene rings is 1. The molecule has 8 nitrogen and oxygen atoms in total. The highest BCUT2D eigenvalue weighted by Gasteiger charge is 2.37. The first kappa shape index (κ1) is 17.6. The minimum atomic E-state index is -5.07. The van der Waals surface area contributed by atoms with E-state index in [-0.39, 0.29) is 5.39 Å². The summed E-state index contributed by atoms with van der Waals surface area (Å²) in [6.07, 6.45) is -5.07. The first-order valence-corrected chi connectivity index (χ1v) is 8.74. The van der Waals surface area contributed by atoms with Crippen LogP contribution in [0.2, 0.25) is 0 Å². The van der Waals surface area contributed by atoms with Gasteiger partial charge in [-0.05, 0) is 18.2 Å². The molecule has 0 unspecified atom stereocenters. The fourth-order valence-corrected chi connectivity index (χ4v) is 3.30. The number of hydrogen-bond donors (Lipinski definition) is 4. The Morgan fingerprint density at radius 2 is 1.74 bits per heavy atom. The molecule has 0 aliphatic heterocycles. The minimum absolute atomic E-state index is 0.333. The number of primary sulfonamides is 1. The molecule has 0 aliphatic carbocycles. The van der Waals surface area contributed by atoms with Gasteiger partial charge in [-0.1, -0.05) is 0 Å². The highest BCUT2D eigenvalue weighted by atomic mass is 32.2. The van der Waals surface area contributed by atoms with Gasteiger partial charge in [0.05, 0.1) is 10.5 Å². The number of aromatic amines is 1. The maximum atomic E-state index is 12.9. The van der Waals surface area contributed by atoms with Crippen molar-refractivity contribution in [3.63, 3.8) is 0 Å². The van der Waals surface area contributed by atoms with E-state index in [1.54, 1.807) is 0 Å². The van der Waals surface area contributed by atoms with Crippen LogP contribution >= 0.6 is 7.60 Å². The normalized spacial score (nSPS) is 13.5. The van der Waals surface area contributed by atoms with E-state index in [2.05, 4.69) is 0 Å². The zero-order valence-corrected chi connectivity index (χ0v) is 12.5. The summed E-state index contributed by atoms with van der Waals surface area (Å²) in [4.78, 5) is 30.2. The van der Waals surface area contributed by atoms with E-state index in [0.29, 0.717) is 18.2 Å². The number of fused-ring (bicyclic) bond motifs is 1. The Balaban J connectivity index is 2.98. The number of aromatic nitrogens is 1. The SMILES string of the molecule is NS(=O)(=O)c1cc2cc(P(=O)(O)O)c(=O)[nH]c2cc1C(F)(F)F. The van der Waals surface area contributed by atoms with Crippen LogP contribution in [0.4, 0.5) is 13.2 Å². The van der Waals surface area contributed by atoms with Crippen molar-refractivity contribution in [2.75, 3.05) is 0 Å². The van der Waals surface area contributed by atoms with Crippen LogP contribution < -0.4 is 16.0 Å². The van der Waals surface area contributed by atoms with Crippen molar-refractivity contribution >= 4 is 33.8 Å². The number of nitrogens with two attached hydrogens (primary N) is 1. The Morgan fingerprint density at radius 1 is 1.17 bits per heavy atom. The fourth-order valence-electron chi connectivity index (χ4n) is 1.90. The molecule has 2 aromatic rings. The molecule has 0 bridgehead atoms. The van der Waals surface area contributed by atoms with Crippen molar-refractivity contribution < 1.29 is 35.9 Å². The van der Waals surface area contributed by atoms with Gasteiger partial charge in [0.15, 0.2) is 0 Å². The molecule has 0 saturated carbocycles. The molecule has 0 saturated heterocycles. The van der Waals surface area contributed by atoms with Crippen molar-refractivity contribution in [1.29, 1.82) is 0 Å². The summed E-state index contributed by atoms with van der Waals surface area (Å²) in [7, 11) is -9.78. The van der Waals surface area contributed by atoms with Crippen molar-refractivity contribution in [3.8, 4) is 0 Å². The first-order chi connectivity index (χ1) is 10.2. The average molecular weight is 372 g/mol. The minimum Gasteiger partial charge on any atom is -0.321 e. The van der Waals surface area contributed by atoms with Gasteiger partial charge in [-0.3, -0.25) is 9.36 Å². The van der Waals surface area contributed by atoms with Crippen LogP contribution in [-0.4, -0.2) is 23.2 Å². The molecule has 1 aromatic carbocycles. The molecule has 0 amide bonds. The molecule has 1 aromatic heterocycles. The molecule has 2 rings (SSSR count). The highest BCUT2D eigenvalue weighted by Crippen LogP contribution is 2.37. The molecule has 0 radical (unpaired) electrons. The smallest absolute Gasteiger partial charge is 0.321 e. The van der Waals surface area contributed by atoms with E-state index in [0.717, 1.165) is 0 Å². The van der Waals surface area contributed by atoms with Gasteiger partial charge < -0.3 is 14.8 Å². The van der Waals surface area contributed by atoms with Gasteiger partial charge in [0, 0.05) is 10.9 Å². The van der Waals surface area contributed by atoms with Gasteiger partial charge in [0.2, 0.25) is 10.0 Å². The second-order valence-electron chi connectivity index (χ2n) is 4.51. The molecule has 1 heterocycles. The molecule has 126 valence electrons. The van der Waals surface area contributed by atoms with Crippen LogP contribution in [0.1, 0.15) is 5.56 Å². The van der Waals surface area contributed by atoms with Crippen molar-refractivity contribution in [2.45, 2.75) is 11.1 Å². The van der Waals surface area contributed by atoms with Crippen LogP contribution in [0.3, 0.4) is 0 Å². The number of halogens is 3. The number of nitrogens with one attached hydrogen (secondary N) is 1. The third kappa shape index (κ3) is 3.46. The van der Waals surface area contributed by atoms with E-state index in [1.807, 2.05) is 4.98 Å². The molecule has 0 fully saturated rings. The van der Waals surface area contributed by atoms with Crippen LogP contribution in [0.5, 0.6) is 0 Å². The van der Waals surface area contributed by atoms with Gasteiger partial charge in [0.25, 0.3) is 5.56 Å². The van der Waals surface area contributed by atoms with Gasteiger partial charge >= 0.3 is 13.8 Å². The Kier molecular flexibility index (Phi) is 3.94. The summed E-state index contributed by atoms with van der Waals surface area (Å²) in [5.41, 5.74) is -3.35. The lowest BCUT2D eigenvalue weighted by atomic mass is 10.1. The van der Waals surface area contributed by atoms with Crippen LogP contribution in [-0.2, 0) is 20.8 Å². The Bertz CT molecular complexity index is 1010. The van der Waals surface area contributed by atoms with Crippen molar-refractivity contribution in [1.82, 2.24) is 4.98 Å². The third-order valence-corrected chi connectivity index (χ3v) is 4.76. The topological polar surface area (TPSA) is 151 Å².